The van der Waals surface area contributed by atoms with Gasteiger partial charge >= 0.3 is 0 Å². The molecule has 92 valence electrons. The maximum Gasteiger partial charge on any atom is 0.166 e. The normalized spacial score (nSPS) is 18.3. The molecule has 0 radical (unpaired) electrons. The van der Waals surface area contributed by atoms with Crippen molar-refractivity contribution >= 4 is 29.0 Å². The summed E-state index contributed by atoms with van der Waals surface area (Å²) in [5.41, 5.74) is 6.33. The predicted molar refractivity (Wildman–Crippen MR) is 70.8 cm³/mol. The zero-order valence-corrected chi connectivity index (χ0v) is 11.0. The lowest BCUT2D eigenvalue weighted by molar-refractivity contribution is 0.0952. The molecule has 2 nitrogen and oxygen atoms in total. The van der Waals surface area contributed by atoms with Crippen molar-refractivity contribution in [1.82, 2.24) is 0 Å². The fraction of sp³-hybridized carbons (Fsp3) is 0.462. The fourth-order valence-electron chi connectivity index (χ4n) is 2.39. The maximum atomic E-state index is 12.2. The number of benzene rings is 1. The molecule has 1 fully saturated rings. The monoisotopic (exact) mass is 271 g/mol. The Bertz CT molecular complexity index is 439. The molecule has 1 aliphatic rings. The van der Waals surface area contributed by atoms with E-state index in [0.29, 0.717) is 22.0 Å². The summed E-state index contributed by atoms with van der Waals surface area (Å²) in [6, 6.07) is 5.11. The summed E-state index contributed by atoms with van der Waals surface area (Å²) in [5.74, 6) is -0.0121. The van der Waals surface area contributed by atoms with E-state index >= 15 is 0 Å². The first-order valence-electron chi connectivity index (χ1n) is 5.78. The van der Waals surface area contributed by atoms with E-state index in [1.54, 1.807) is 18.2 Å². The van der Waals surface area contributed by atoms with Crippen molar-refractivity contribution in [2.75, 3.05) is 0 Å². The Morgan fingerprint density at radius 2 is 1.94 bits per heavy atom. The first kappa shape index (κ1) is 12.9. The molecular formula is C13H15Cl2NO. The van der Waals surface area contributed by atoms with Gasteiger partial charge in [-0.3, -0.25) is 4.79 Å². The van der Waals surface area contributed by atoms with E-state index in [2.05, 4.69) is 0 Å². The number of Topliss-reactive ketones (excluding diaryl/α,β-unsaturated/α-hetero) is 1. The number of hydrogen-bond acceptors (Lipinski definition) is 2. The second-order valence-electron chi connectivity index (χ2n) is 4.77. The van der Waals surface area contributed by atoms with Gasteiger partial charge in [-0.1, -0.05) is 42.1 Å². The average Bonchev–Trinajstić information content (AvgIpc) is 2.68. The number of nitrogens with two attached hydrogens (primary N) is 1. The SMILES string of the molecule is NC1(CC(=O)c2cccc(Cl)c2Cl)CCCC1. The quantitative estimate of drug-likeness (QED) is 0.849. The van der Waals surface area contributed by atoms with Crippen LogP contribution < -0.4 is 5.73 Å². The molecule has 0 unspecified atom stereocenters. The highest BCUT2D eigenvalue weighted by Gasteiger charge is 2.32. The highest BCUT2D eigenvalue weighted by molar-refractivity contribution is 6.43. The molecule has 0 saturated heterocycles. The van der Waals surface area contributed by atoms with Gasteiger partial charge in [-0.15, -0.1) is 0 Å². The van der Waals surface area contributed by atoms with Crippen molar-refractivity contribution in [2.45, 2.75) is 37.6 Å². The third-order valence-corrected chi connectivity index (χ3v) is 4.18. The first-order chi connectivity index (χ1) is 8.02. The molecule has 1 saturated carbocycles. The van der Waals surface area contributed by atoms with Crippen LogP contribution in [0.5, 0.6) is 0 Å². The van der Waals surface area contributed by atoms with Crippen LogP contribution in [0, 0.1) is 0 Å². The van der Waals surface area contributed by atoms with Crippen LogP contribution in [0.25, 0.3) is 0 Å². The highest BCUT2D eigenvalue weighted by Crippen LogP contribution is 2.33. The van der Waals surface area contributed by atoms with Crippen LogP contribution in [0.2, 0.25) is 10.0 Å². The van der Waals surface area contributed by atoms with Gasteiger partial charge in [0.05, 0.1) is 10.0 Å². The minimum Gasteiger partial charge on any atom is -0.325 e. The van der Waals surface area contributed by atoms with Crippen LogP contribution >= 0.6 is 23.2 Å². The van der Waals surface area contributed by atoms with Crippen molar-refractivity contribution in [3.8, 4) is 0 Å². The van der Waals surface area contributed by atoms with Gasteiger partial charge in [0.2, 0.25) is 0 Å². The van der Waals surface area contributed by atoms with Crippen molar-refractivity contribution in [1.29, 1.82) is 0 Å². The molecule has 2 N–H and O–H groups in total. The van der Waals surface area contributed by atoms with Gasteiger partial charge in [-0.2, -0.15) is 0 Å². The van der Waals surface area contributed by atoms with Crippen LogP contribution in [0.3, 0.4) is 0 Å². The molecule has 17 heavy (non-hydrogen) atoms. The van der Waals surface area contributed by atoms with Gasteiger partial charge in [-0.05, 0) is 25.0 Å². The van der Waals surface area contributed by atoms with E-state index in [-0.39, 0.29) is 11.3 Å². The Labute approximate surface area is 111 Å². The van der Waals surface area contributed by atoms with Crippen LogP contribution in [0.1, 0.15) is 42.5 Å². The summed E-state index contributed by atoms with van der Waals surface area (Å²) in [6.07, 6.45) is 4.39. The Kier molecular flexibility index (Phi) is 3.76. The minimum absolute atomic E-state index is 0.0121. The van der Waals surface area contributed by atoms with Gasteiger partial charge in [0.1, 0.15) is 0 Å². The van der Waals surface area contributed by atoms with E-state index < -0.39 is 0 Å². The molecule has 0 aromatic heterocycles. The van der Waals surface area contributed by atoms with E-state index in [0.717, 1.165) is 25.7 Å². The molecule has 0 heterocycles. The number of ketones is 1. The van der Waals surface area contributed by atoms with Crippen LogP contribution in [-0.4, -0.2) is 11.3 Å². The second kappa shape index (κ2) is 4.97. The molecule has 0 bridgehead atoms. The molecule has 1 aromatic rings. The summed E-state index contributed by atoms with van der Waals surface area (Å²) in [7, 11) is 0. The van der Waals surface area contributed by atoms with E-state index in [1.807, 2.05) is 0 Å². The minimum atomic E-state index is -0.345. The molecule has 0 atom stereocenters. The van der Waals surface area contributed by atoms with Crippen molar-refractivity contribution < 1.29 is 4.79 Å². The molecule has 0 amide bonds. The highest BCUT2D eigenvalue weighted by atomic mass is 35.5. The third-order valence-electron chi connectivity index (χ3n) is 3.36. The Balaban J connectivity index is 2.17. The Hall–Kier alpha value is -0.570. The average molecular weight is 272 g/mol. The van der Waals surface area contributed by atoms with Gasteiger partial charge in [-0.25, -0.2) is 0 Å². The summed E-state index contributed by atoms with van der Waals surface area (Å²) in [5, 5.41) is 0.746. The van der Waals surface area contributed by atoms with Gasteiger partial charge in [0.15, 0.2) is 5.78 Å². The standard InChI is InChI=1S/C13H15Cl2NO/c14-10-5-3-4-9(12(10)15)11(17)8-13(16)6-1-2-7-13/h3-5H,1-2,6-8,16H2. The smallest absolute Gasteiger partial charge is 0.166 e. The Morgan fingerprint density at radius 1 is 1.29 bits per heavy atom. The fourth-order valence-corrected chi connectivity index (χ4v) is 2.80. The molecule has 0 aliphatic heterocycles. The van der Waals surface area contributed by atoms with Crippen LogP contribution in [0.4, 0.5) is 0 Å². The van der Waals surface area contributed by atoms with Gasteiger partial charge < -0.3 is 5.73 Å². The lowest BCUT2D eigenvalue weighted by Crippen LogP contribution is -2.38. The molecular weight excluding hydrogens is 257 g/mol. The predicted octanol–water partition coefficient (Wildman–Crippen LogP) is 3.84. The van der Waals surface area contributed by atoms with E-state index in [4.69, 9.17) is 28.9 Å². The molecule has 0 spiro atoms. The third kappa shape index (κ3) is 2.82. The van der Waals surface area contributed by atoms with Crippen molar-refractivity contribution in [3.63, 3.8) is 0 Å². The maximum absolute atomic E-state index is 12.2. The number of carbonyl (C=O) groups is 1. The molecule has 1 aromatic carbocycles. The van der Waals surface area contributed by atoms with Crippen LogP contribution in [0.15, 0.2) is 18.2 Å². The van der Waals surface area contributed by atoms with Gasteiger partial charge in [0, 0.05) is 17.5 Å². The van der Waals surface area contributed by atoms with E-state index in [1.165, 1.54) is 0 Å². The number of carbonyl (C=O) groups excluding carboxylic acids is 1. The molecule has 4 heteroatoms. The first-order valence-corrected chi connectivity index (χ1v) is 6.53. The van der Waals surface area contributed by atoms with Crippen LogP contribution in [-0.2, 0) is 0 Å². The van der Waals surface area contributed by atoms with Gasteiger partial charge in [0.25, 0.3) is 0 Å². The Morgan fingerprint density at radius 3 is 2.59 bits per heavy atom. The van der Waals surface area contributed by atoms with Crippen molar-refractivity contribution in [3.05, 3.63) is 33.8 Å². The zero-order valence-electron chi connectivity index (χ0n) is 9.51. The van der Waals surface area contributed by atoms with Crippen molar-refractivity contribution in [2.24, 2.45) is 5.73 Å². The largest absolute Gasteiger partial charge is 0.325 e. The summed E-state index contributed by atoms with van der Waals surface area (Å²) >= 11 is 11.9. The summed E-state index contributed by atoms with van der Waals surface area (Å²) in [6.45, 7) is 0. The number of hydrogen-bond donors (Lipinski definition) is 1. The number of halogens is 2. The summed E-state index contributed by atoms with van der Waals surface area (Å²) < 4.78 is 0. The zero-order chi connectivity index (χ0) is 12.5. The molecule has 2 rings (SSSR count). The lowest BCUT2D eigenvalue weighted by Gasteiger charge is -2.22. The summed E-state index contributed by atoms with van der Waals surface area (Å²) in [4.78, 5) is 12.2. The molecule has 1 aliphatic carbocycles. The lowest BCUT2D eigenvalue weighted by atomic mass is 9.90. The number of rotatable bonds is 3. The van der Waals surface area contributed by atoms with E-state index in [9.17, 15) is 4.79 Å². The topological polar surface area (TPSA) is 43.1 Å². The second-order valence-corrected chi connectivity index (χ2v) is 5.56.